The number of furan rings is 1. The van der Waals surface area contributed by atoms with Gasteiger partial charge < -0.3 is 19.0 Å². The first kappa shape index (κ1) is 19.0. The molecule has 0 aliphatic carbocycles. The quantitative estimate of drug-likeness (QED) is 0.470. The van der Waals surface area contributed by atoms with E-state index in [1.54, 1.807) is 24.3 Å². The lowest BCUT2D eigenvalue weighted by Crippen LogP contribution is -2.28. The molecule has 1 aromatic carbocycles. The number of benzene rings is 1. The minimum absolute atomic E-state index is 0.247. The monoisotopic (exact) mass is 390 g/mol. The summed E-state index contributed by atoms with van der Waals surface area (Å²) in [5, 5.41) is 11.9. The topological polar surface area (TPSA) is 82.2 Å². The van der Waals surface area contributed by atoms with Crippen LogP contribution in [0.3, 0.4) is 0 Å². The van der Waals surface area contributed by atoms with E-state index in [9.17, 15) is 9.18 Å². The summed E-state index contributed by atoms with van der Waals surface area (Å²) < 4.78 is 25.3. The third kappa shape index (κ3) is 4.88. The van der Waals surface area contributed by atoms with E-state index in [1.165, 1.54) is 30.2 Å². The van der Waals surface area contributed by atoms with Gasteiger partial charge in [-0.25, -0.2) is 4.39 Å². The second-order valence-corrected chi connectivity index (χ2v) is 6.79. The van der Waals surface area contributed by atoms with Gasteiger partial charge in [-0.1, -0.05) is 11.8 Å². The maximum Gasteiger partial charge on any atom is 0.287 e. The summed E-state index contributed by atoms with van der Waals surface area (Å²) in [5.41, 5.74) is 0. The number of ether oxygens (including phenoxy) is 1. The molecular formula is C18H19FN4O3S. The molecule has 27 heavy (non-hydrogen) atoms. The van der Waals surface area contributed by atoms with E-state index in [-0.39, 0.29) is 23.5 Å². The average molecular weight is 390 g/mol. The predicted molar refractivity (Wildman–Crippen MR) is 98.2 cm³/mol. The van der Waals surface area contributed by atoms with Crippen LogP contribution in [0, 0.1) is 5.82 Å². The summed E-state index contributed by atoms with van der Waals surface area (Å²) in [6, 6.07) is 8.82. The van der Waals surface area contributed by atoms with Crippen molar-refractivity contribution in [3.05, 3.63) is 60.1 Å². The molecule has 3 aromatic rings. The van der Waals surface area contributed by atoms with Crippen molar-refractivity contribution in [1.29, 1.82) is 0 Å². The van der Waals surface area contributed by atoms with E-state index in [1.807, 2.05) is 18.5 Å². The summed E-state index contributed by atoms with van der Waals surface area (Å²) in [4.78, 5) is 12.1. The number of nitrogens with one attached hydrogen (secondary N) is 1. The second-order valence-electron chi connectivity index (χ2n) is 5.72. The Labute approximate surface area is 159 Å². The molecule has 2 heterocycles. The highest BCUT2D eigenvalue weighted by molar-refractivity contribution is 7.99. The van der Waals surface area contributed by atoms with Gasteiger partial charge >= 0.3 is 0 Å². The van der Waals surface area contributed by atoms with Crippen LogP contribution in [-0.4, -0.2) is 33.0 Å². The number of carbonyl (C=O) groups is 1. The van der Waals surface area contributed by atoms with Crippen molar-refractivity contribution in [2.75, 3.05) is 12.4 Å². The van der Waals surface area contributed by atoms with Crippen molar-refractivity contribution in [2.24, 2.45) is 7.05 Å². The molecule has 0 saturated heterocycles. The van der Waals surface area contributed by atoms with E-state index >= 15 is 0 Å². The zero-order valence-corrected chi connectivity index (χ0v) is 15.7. The Balaban J connectivity index is 1.50. The standard InChI is InChI=1S/C18H19FN4O3S/c1-12(20-17(24)15-4-3-9-26-15)16-21-22-18(23(16)2)27-11-10-25-14-7-5-13(19)6-8-14/h3-9,12H,10-11H2,1-2H3,(H,20,24)/t12-/m0/s1. The molecule has 1 atom stereocenters. The van der Waals surface area contributed by atoms with Gasteiger partial charge in [-0.2, -0.15) is 0 Å². The molecule has 1 N–H and O–H groups in total. The van der Waals surface area contributed by atoms with Gasteiger partial charge in [-0.05, 0) is 43.3 Å². The second kappa shape index (κ2) is 8.72. The summed E-state index contributed by atoms with van der Waals surface area (Å²) >= 11 is 1.48. The highest BCUT2D eigenvalue weighted by Crippen LogP contribution is 2.20. The number of halogens is 1. The first-order valence-electron chi connectivity index (χ1n) is 8.29. The zero-order chi connectivity index (χ0) is 19.2. The highest BCUT2D eigenvalue weighted by Gasteiger charge is 2.19. The van der Waals surface area contributed by atoms with Crippen molar-refractivity contribution >= 4 is 17.7 Å². The van der Waals surface area contributed by atoms with Crippen LogP contribution in [0.1, 0.15) is 29.3 Å². The maximum atomic E-state index is 12.9. The molecule has 142 valence electrons. The summed E-state index contributed by atoms with van der Waals surface area (Å²) in [5.74, 6) is 1.54. The van der Waals surface area contributed by atoms with Crippen LogP contribution < -0.4 is 10.1 Å². The van der Waals surface area contributed by atoms with Crippen LogP contribution >= 0.6 is 11.8 Å². The molecule has 0 fully saturated rings. The largest absolute Gasteiger partial charge is 0.493 e. The van der Waals surface area contributed by atoms with Crippen LogP contribution in [0.25, 0.3) is 0 Å². The Morgan fingerprint density at radius 2 is 2.11 bits per heavy atom. The number of nitrogens with zero attached hydrogens (tertiary/aromatic N) is 3. The van der Waals surface area contributed by atoms with E-state index < -0.39 is 0 Å². The molecular weight excluding hydrogens is 371 g/mol. The molecule has 0 bridgehead atoms. The van der Waals surface area contributed by atoms with E-state index in [4.69, 9.17) is 9.15 Å². The van der Waals surface area contributed by atoms with Gasteiger partial charge in [0, 0.05) is 12.8 Å². The van der Waals surface area contributed by atoms with Crippen LogP contribution in [0.2, 0.25) is 0 Å². The van der Waals surface area contributed by atoms with E-state index in [2.05, 4.69) is 15.5 Å². The van der Waals surface area contributed by atoms with Crippen molar-refractivity contribution in [2.45, 2.75) is 18.1 Å². The summed E-state index contributed by atoms with van der Waals surface area (Å²) in [7, 11) is 1.84. The number of hydrogen-bond donors (Lipinski definition) is 1. The first-order valence-corrected chi connectivity index (χ1v) is 9.28. The third-order valence-electron chi connectivity index (χ3n) is 3.75. The minimum Gasteiger partial charge on any atom is -0.493 e. The van der Waals surface area contributed by atoms with Gasteiger partial charge in [-0.15, -0.1) is 10.2 Å². The minimum atomic E-state index is -0.329. The molecule has 0 radical (unpaired) electrons. The van der Waals surface area contributed by atoms with Crippen LogP contribution in [0.5, 0.6) is 5.75 Å². The fourth-order valence-corrected chi connectivity index (χ4v) is 3.13. The molecule has 0 aliphatic rings. The van der Waals surface area contributed by atoms with E-state index in [0.717, 1.165) is 0 Å². The van der Waals surface area contributed by atoms with Gasteiger partial charge in [-0.3, -0.25) is 4.79 Å². The number of rotatable bonds is 8. The zero-order valence-electron chi connectivity index (χ0n) is 14.9. The van der Waals surface area contributed by atoms with Gasteiger partial charge in [0.1, 0.15) is 11.6 Å². The van der Waals surface area contributed by atoms with Gasteiger partial charge in [0.05, 0.1) is 18.9 Å². The number of amides is 1. The molecule has 0 unspecified atom stereocenters. The normalized spacial score (nSPS) is 12.0. The Kier molecular flexibility index (Phi) is 6.12. The maximum absolute atomic E-state index is 12.9. The smallest absolute Gasteiger partial charge is 0.287 e. The lowest BCUT2D eigenvalue weighted by molar-refractivity contribution is 0.0909. The lowest BCUT2D eigenvalue weighted by Gasteiger charge is -2.12. The molecule has 9 heteroatoms. The number of carbonyl (C=O) groups excluding carboxylic acids is 1. The molecule has 1 amide bonds. The van der Waals surface area contributed by atoms with Gasteiger partial charge in [0.25, 0.3) is 5.91 Å². The fraction of sp³-hybridized carbons (Fsp3) is 0.278. The Morgan fingerprint density at radius 3 is 2.81 bits per heavy atom. The van der Waals surface area contributed by atoms with Crippen molar-refractivity contribution in [3.63, 3.8) is 0 Å². The Hall–Kier alpha value is -2.81. The highest BCUT2D eigenvalue weighted by atomic mass is 32.2. The number of hydrogen-bond acceptors (Lipinski definition) is 6. The van der Waals surface area contributed by atoms with E-state index in [0.29, 0.717) is 29.1 Å². The van der Waals surface area contributed by atoms with Crippen molar-refractivity contribution < 1.29 is 18.3 Å². The number of thioether (sulfide) groups is 1. The van der Waals surface area contributed by atoms with Gasteiger partial charge in [0.2, 0.25) is 0 Å². The molecule has 0 saturated carbocycles. The van der Waals surface area contributed by atoms with Crippen LogP contribution in [0.15, 0.2) is 52.2 Å². The fourth-order valence-electron chi connectivity index (χ4n) is 2.39. The molecule has 2 aromatic heterocycles. The number of aromatic nitrogens is 3. The van der Waals surface area contributed by atoms with Gasteiger partial charge in [0.15, 0.2) is 16.7 Å². The molecule has 0 aliphatic heterocycles. The predicted octanol–water partition coefficient (Wildman–Crippen LogP) is 3.21. The third-order valence-corrected chi connectivity index (χ3v) is 4.73. The summed E-state index contributed by atoms with van der Waals surface area (Å²) in [6.07, 6.45) is 1.45. The molecule has 3 rings (SSSR count). The summed E-state index contributed by atoms with van der Waals surface area (Å²) in [6.45, 7) is 2.28. The van der Waals surface area contributed by atoms with Crippen molar-refractivity contribution in [3.8, 4) is 5.75 Å². The Morgan fingerprint density at radius 1 is 1.33 bits per heavy atom. The van der Waals surface area contributed by atoms with Crippen molar-refractivity contribution in [1.82, 2.24) is 20.1 Å². The SMILES string of the molecule is C[C@H](NC(=O)c1ccco1)c1nnc(SCCOc2ccc(F)cc2)n1C. The lowest BCUT2D eigenvalue weighted by atomic mass is 10.3. The van der Waals surface area contributed by atoms with Crippen LogP contribution in [0.4, 0.5) is 4.39 Å². The van der Waals surface area contributed by atoms with Crippen LogP contribution in [-0.2, 0) is 7.05 Å². The first-order chi connectivity index (χ1) is 13.0. The molecule has 7 nitrogen and oxygen atoms in total. The average Bonchev–Trinajstić information content (AvgIpc) is 3.31. The molecule has 0 spiro atoms. The Bertz CT molecular complexity index is 881.